The van der Waals surface area contributed by atoms with E-state index in [0.29, 0.717) is 5.69 Å². The van der Waals surface area contributed by atoms with Crippen LogP contribution in [0.5, 0.6) is 5.75 Å². The molecule has 0 spiro atoms. The van der Waals surface area contributed by atoms with Crippen LogP contribution in [0.2, 0.25) is 0 Å². The molecule has 0 aliphatic carbocycles. The SMILES string of the molecule is O=C1CC(C(=O)Nc2cccc(OC(F)F)c2)CN1. The molecule has 0 saturated carbocycles. The van der Waals surface area contributed by atoms with Crippen LogP contribution in [0, 0.1) is 5.92 Å². The summed E-state index contributed by atoms with van der Waals surface area (Å²) < 4.78 is 28.3. The number of alkyl halides is 2. The Hall–Kier alpha value is -2.18. The van der Waals surface area contributed by atoms with Crippen molar-refractivity contribution in [3.05, 3.63) is 24.3 Å². The Bertz CT molecular complexity index is 494. The molecule has 2 rings (SSSR count). The smallest absolute Gasteiger partial charge is 0.387 e. The lowest BCUT2D eigenvalue weighted by atomic mass is 10.1. The molecule has 0 bridgehead atoms. The topological polar surface area (TPSA) is 67.4 Å². The van der Waals surface area contributed by atoms with E-state index in [1.165, 1.54) is 18.2 Å². The van der Waals surface area contributed by atoms with Crippen molar-refractivity contribution in [3.63, 3.8) is 0 Å². The molecule has 2 N–H and O–H groups in total. The summed E-state index contributed by atoms with van der Waals surface area (Å²) in [7, 11) is 0. The number of nitrogens with one attached hydrogen (secondary N) is 2. The van der Waals surface area contributed by atoms with Crippen LogP contribution in [-0.2, 0) is 9.59 Å². The van der Waals surface area contributed by atoms with Gasteiger partial charge in [0, 0.05) is 24.7 Å². The first-order chi connectivity index (χ1) is 9.04. The van der Waals surface area contributed by atoms with E-state index in [2.05, 4.69) is 15.4 Å². The average molecular weight is 270 g/mol. The predicted molar refractivity (Wildman–Crippen MR) is 62.8 cm³/mol. The quantitative estimate of drug-likeness (QED) is 0.868. The number of carbonyl (C=O) groups is 2. The van der Waals surface area contributed by atoms with Gasteiger partial charge in [0.25, 0.3) is 0 Å². The Kier molecular flexibility index (Phi) is 3.94. The fraction of sp³-hybridized carbons (Fsp3) is 0.333. The first-order valence-corrected chi connectivity index (χ1v) is 5.67. The minimum Gasteiger partial charge on any atom is -0.435 e. The van der Waals surface area contributed by atoms with Crippen molar-refractivity contribution in [2.75, 3.05) is 11.9 Å². The molecule has 1 aliphatic rings. The van der Waals surface area contributed by atoms with Gasteiger partial charge in [0.2, 0.25) is 11.8 Å². The second-order valence-electron chi connectivity index (χ2n) is 4.10. The van der Waals surface area contributed by atoms with Crippen LogP contribution >= 0.6 is 0 Å². The Morgan fingerprint density at radius 3 is 2.89 bits per heavy atom. The highest BCUT2D eigenvalue weighted by Gasteiger charge is 2.27. The van der Waals surface area contributed by atoms with Crippen LogP contribution in [0.4, 0.5) is 14.5 Å². The van der Waals surface area contributed by atoms with Gasteiger partial charge in [0.05, 0.1) is 5.92 Å². The molecular weight excluding hydrogens is 258 g/mol. The van der Waals surface area contributed by atoms with Gasteiger partial charge in [-0.2, -0.15) is 8.78 Å². The van der Waals surface area contributed by atoms with Crippen molar-refractivity contribution >= 4 is 17.5 Å². The highest BCUT2D eigenvalue weighted by Crippen LogP contribution is 2.20. The van der Waals surface area contributed by atoms with E-state index in [1.54, 1.807) is 6.07 Å². The lowest BCUT2D eigenvalue weighted by Crippen LogP contribution is -2.24. The van der Waals surface area contributed by atoms with Crippen molar-refractivity contribution in [1.82, 2.24) is 5.32 Å². The van der Waals surface area contributed by atoms with E-state index < -0.39 is 12.5 Å². The number of benzene rings is 1. The van der Waals surface area contributed by atoms with Gasteiger partial charge in [-0.15, -0.1) is 0 Å². The highest BCUT2D eigenvalue weighted by atomic mass is 19.3. The summed E-state index contributed by atoms with van der Waals surface area (Å²) in [4.78, 5) is 22.8. The van der Waals surface area contributed by atoms with Crippen molar-refractivity contribution < 1.29 is 23.1 Å². The molecule has 0 radical (unpaired) electrons. The van der Waals surface area contributed by atoms with Gasteiger partial charge in [0.1, 0.15) is 5.75 Å². The fourth-order valence-corrected chi connectivity index (χ4v) is 1.78. The predicted octanol–water partition coefficient (Wildman–Crippen LogP) is 1.36. The number of carbonyl (C=O) groups excluding carboxylic acids is 2. The third-order valence-electron chi connectivity index (χ3n) is 2.67. The Morgan fingerprint density at radius 2 is 2.26 bits per heavy atom. The molecule has 2 amide bonds. The van der Waals surface area contributed by atoms with Gasteiger partial charge in [-0.1, -0.05) is 6.07 Å². The molecule has 0 aromatic heterocycles. The maximum atomic E-state index is 12.0. The first-order valence-electron chi connectivity index (χ1n) is 5.67. The van der Waals surface area contributed by atoms with Crippen LogP contribution in [0.25, 0.3) is 0 Å². The number of ether oxygens (including phenoxy) is 1. The summed E-state index contributed by atoms with van der Waals surface area (Å²) in [6.45, 7) is -2.62. The van der Waals surface area contributed by atoms with Crippen molar-refractivity contribution in [1.29, 1.82) is 0 Å². The van der Waals surface area contributed by atoms with Crippen LogP contribution < -0.4 is 15.4 Å². The fourth-order valence-electron chi connectivity index (χ4n) is 1.78. The lowest BCUT2D eigenvalue weighted by Gasteiger charge is -2.10. The number of rotatable bonds is 4. The maximum absolute atomic E-state index is 12.0. The minimum absolute atomic E-state index is 0.0339. The summed E-state index contributed by atoms with van der Waals surface area (Å²) in [6, 6.07) is 5.71. The van der Waals surface area contributed by atoms with Crippen LogP contribution in [-0.4, -0.2) is 25.0 Å². The summed E-state index contributed by atoms with van der Waals surface area (Å²) >= 11 is 0. The summed E-state index contributed by atoms with van der Waals surface area (Å²) in [6.07, 6.45) is 0.138. The van der Waals surface area contributed by atoms with Gasteiger partial charge in [-0.25, -0.2) is 0 Å². The molecule has 1 aromatic carbocycles. The minimum atomic E-state index is -2.91. The summed E-state index contributed by atoms with van der Waals surface area (Å²) in [5.74, 6) is -0.969. The second-order valence-corrected chi connectivity index (χ2v) is 4.10. The van der Waals surface area contributed by atoms with Gasteiger partial charge < -0.3 is 15.4 Å². The highest BCUT2D eigenvalue weighted by molar-refractivity contribution is 5.97. The molecular formula is C12H12F2N2O3. The van der Waals surface area contributed by atoms with Crippen LogP contribution in [0.3, 0.4) is 0 Å². The second kappa shape index (κ2) is 5.64. The standard InChI is InChI=1S/C12H12F2N2O3/c13-12(14)19-9-3-1-2-8(5-9)16-11(18)7-4-10(17)15-6-7/h1-3,5,7,12H,4,6H2,(H,15,17)(H,16,18). The molecule has 1 atom stereocenters. The van der Waals surface area contributed by atoms with E-state index >= 15 is 0 Å². The molecule has 1 unspecified atom stereocenters. The molecule has 1 saturated heterocycles. The zero-order valence-electron chi connectivity index (χ0n) is 9.86. The molecule has 102 valence electrons. The number of amides is 2. The number of anilines is 1. The van der Waals surface area contributed by atoms with E-state index in [-0.39, 0.29) is 30.5 Å². The summed E-state index contributed by atoms with van der Waals surface area (Å²) in [5, 5.41) is 5.11. The van der Waals surface area contributed by atoms with E-state index in [9.17, 15) is 18.4 Å². The van der Waals surface area contributed by atoms with E-state index in [4.69, 9.17) is 0 Å². The molecule has 5 nitrogen and oxygen atoms in total. The molecule has 19 heavy (non-hydrogen) atoms. The van der Waals surface area contributed by atoms with Gasteiger partial charge in [-0.3, -0.25) is 9.59 Å². The molecule has 7 heteroatoms. The zero-order valence-corrected chi connectivity index (χ0v) is 9.86. The van der Waals surface area contributed by atoms with E-state index in [0.717, 1.165) is 0 Å². The van der Waals surface area contributed by atoms with Crippen molar-refractivity contribution in [3.8, 4) is 5.75 Å². The monoisotopic (exact) mass is 270 g/mol. The van der Waals surface area contributed by atoms with E-state index in [1.807, 2.05) is 0 Å². The average Bonchev–Trinajstić information content (AvgIpc) is 2.75. The molecule has 1 heterocycles. The third kappa shape index (κ3) is 3.64. The lowest BCUT2D eigenvalue weighted by molar-refractivity contribution is -0.123. The van der Waals surface area contributed by atoms with Gasteiger partial charge >= 0.3 is 6.61 Å². The Morgan fingerprint density at radius 1 is 1.47 bits per heavy atom. The zero-order chi connectivity index (χ0) is 13.8. The van der Waals surface area contributed by atoms with Crippen molar-refractivity contribution in [2.45, 2.75) is 13.0 Å². The summed E-state index contributed by atoms with van der Waals surface area (Å²) in [5.41, 5.74) is 0.350. The molecule has 1 aliphatic heterocycles. The Labute approximate surface area is 107 Å². The Balaban J connectivity index is 1.98. The van der Waals surface area contributed by atoms with Gasteiger partial charge in [-0.05, 0) is 12.1 Å². The van der Waals surface area contributed by atoms with Gasteiger partial charge in [0.15, 0.2) is 0 Å². The van der Waals surface area contributed by atoms with Crippen molar-refractivity contribution in [2.24, 2.45) is 5.92 Å². The number of hydrogen-bond donors (Lipinski definition) is 2. The number of halogens is 2. The van der Waals surface area contributed by atoms with Crippen LogP contribution in [0.1, 0.15) is 6.42 Å². The largest absolute Gasteiger partial charge is 0.435 e. The normalized spacial score (nSPS) is 18.3. The maximum Gasteiger partial charge on any atom is 0.387 e. The molecule has 1 aromatic rings. The first kappa shape index (κ1) is 13.3. The third-order valence-corrected chi connectivity index (χ3v) is 2.67. The van der Waals surface area contributed by atoms with Crippen LogP contribution in [0.15, 0.2) is 24.3 Å². The molecule has 1 fully saturated rings. The number of hydrogen-bond acceptors (Lipinski definition) is 3.